The number of piperidine rings is 1. The second-order valence-electron chi connectivity index (χ2n) is 9.45. The maximum absolute atomic E-state index is 14.2. The van der Waals surface area contributed by atoms with Crippen LogP contribution in [0.4, 0.5) is 4.79 Å². The molecule has 1 aromatic rings. The zero-order chi connectivity index (χ0) is 26.5. The Morgan fingerprint density at radius 3 is 2.25 bits per heavy atom. The minimum absolute atomic E-state index is 0.162. The molecular formula is C27H40N2O7. The van der Waals surface area contributed by atoms with Crippen LogP contribution in [-0.2, 0) is 28.7 Å². The standard InChI is InChI=1S/C27H40N2O7/c1-8-10-21(32-6)17-35-29-25(30)23(22-19(4)15-18(3)16-20(22)5)24(36-26(31)34-9-2)27(29)11-13-28(33-7)14-12-27/h15-16,21H,8-14,17H2,1-7H3. The zero-order valence-corrected chi connectivity index (χ0v) is 22.6. The average molecular weight is 505 g/mol. The number of benzene rings is 1. The van der Waals surface area contributed by atoms with Crippen molar-refractivity contribution in [3.05, 3.63) is 40.1 Å². The zero-order valence-electron chi connectivity index (χ0n) is 22.6. The van der Waals surface area contributed by atoms with Gasteiger partial charge in [0.25, 0.3) is 5.91 Å². The number of hydrogen-bond donors (Lipinski definition) is 0. The van der Waals surface area contributed by atoms with E-state index in [1.165, 1.54) is 5.06 Å². The van der Waals surface area contributed by atoms with Crippen LogP contribution in [0, 0.1) is 20.8 Å². The molecular weight excluding hydrogens is 464 g/mol. The summed E-state index contributed by atoms with van der Waals surface area (Å²) in [6.45, 7) is 11.1. The van der Waals surface area contributed by atoms with Gasteiger partial charge < -0.3 is 19.0 Å². The summed E-state index contributed by atoms with van der Waals surface area (Å²) in [5.74, 6) is -0.0530. The molecule has 0 radical (unpaired) electrons. The van der Waals surface area contributed by atoms with Gasteiger partial charge in [-0.15, -0.1) is 0 Å². The molecule has 200 valence electrons. The molecule has 2 heterocycles. The Labute approximate surface area is 214 Å². The largest absolute Gasteiger partial charge is 0.513 e. The van der Waals surface area contributed by atoms with Gasteiger partial charge in [0.2, 0.25) is 0 Å². The Morgan fingerprint density at radius 2 is 1.72 bits per heavy atom. The molecule has 1 amide bonds. The molecule has 1 atom stereocenters. The quantitative estimate of drug-likeness (QED) is 0.431. The minimum atomic E-state index is -0.984. The molecule has 0 saturated carbocycles. The fraction of sp³-hybridized carbons (Fsp3) is 0.630. The first kappa shape index (κ1) is 28.1. The van der Waals surface area contributed by atoms with E-state index in [2.05, 4.69) is 6.92 Å². The van der Waals surface area contributed by atoms with Crippen LogP contribution in [0.25, 0.3) is 5.57 Å². The van der Waals surface area contributed by atoms with Gasteiger partial charge >= 0.3 is 6.16 Å². The first-order chi connectivity index (χ1) is 17.2. The van der Waals surface area contributed by atoms with Crippen molar-refractivity contribution in [3.8, 4) is 0 Å². The maximum atomic E-state index is 14.2. The smallest absolute Gasteiger partial charge is 0.434 e. The summed E-state index contributed by atoms with van der Waals surface area (Å²) < 4.78 is 16.6. The Hall–Kier alpha value is -2.46. The topological polar surface area (TPSA) is 86.8 Å². The Bertz CT molecular complexity index is 959. The molecule has 36 heavy (non-hydrogen) atoms. The van der Waals surface area contributed by atoms with E-state index in [1.54, 1.807) is 21.1 Å². The number of ether oxygens (including phenoxy) is 3. The van der Waals surface area contributed by atoms with E-state index in [0.717, 1.165) is 35.1 Å². The van der Waals surface area contributed by atoms with E-state index in [9.17, 15) is 9.59 Å². The van der Waals surface area contributed by atoms with E-state index < -0.39 is 11.7 Å². The van der Waals surface area contributed by atoms with Gasteiger partial charge in [-0.1, -0.05) is 31.0 Å². The highest BCUT2D eigenvalue weighted by molar-refractivity contribution is 6.23. The third kappa shape index (κ3) is 5.59. The lowest BCUT2D eigenvalue weighted by molar-refractivity contribution is -0.241. The maximum Gasteiger partial charge on any atom is 0.513 e. The number of nitrogens with zero attached hydrogens (tertiary/aromatic N) is 2. The molecule has 0 aromatic heterocycles. The van der Waals surface area contributed by atoms with Gasteiger partial charge in [0.15, 0.2) is 5.76 Å². The number of hydroxylamine groups is 4. The Morgan fingerprint density at radius 1 is 1.08 bits per heavy atom. The normalized spacial score (nSPS) is 18.8. The number of carbonyl (C=O) groups excluding carboxylic acids is 2. The van der Waals surface area contributed by atoms with Gasteiger partial charge in [-0.25, -0.2) is 9.86 Å². The van der Waals surface area contributed by atoms with E-state index in [-0.39, 0.29) is 31.0 Å². The van der Waals surface area contributed by atoms with E-state index in [4.69, 9.17) is 23.9 Å². The van der Waals surface area contributed by atoms with Crippen LogP contribution in [0.15, 0.2) is 17.9 Å². The van der Waals surface area contributed by atoms with Crippen LogP contribution >= 0.6 is 0 Å². The van der Waals surface area contributed by atoms with Crippen molar-refractivity contribution >= 4 is 17.6 Å². The average Bonchev–Trinajstić information content (AvgIpc) is 3.04. The highest BCUT2D eigenvalue weighted by Gasteiger charge is 2.57. The number of aryl methyl sites for hydroxylation is 3. The monoisotopic (exact) mass is 504 g/mol. The van der Waals surface area contributed by atoms with Crippen molar-refractivity contribution in [1.82, 2.24) is 10.1 Å². The second kappa shape index (κ2) is 12.2. The predicted octanol–water partition coefficient (Wildman–Crippen LogP) is 4.48. The lowest BCUT2D eigenvalue weighted by Crippen LogP contribution is -2.55. The molecule has 1 fully saturated rings. The number of hydrogen-bond acceptors (Lipinski definition) is 8. The fourth-order valence-corrected chi connectivity index (χ4v) is 5.29. The summed E-state index contributed by atoms with van der Waals surface area (Å²) in [7, 11) is 3.26. The van der Waals surface area contributed by atoms with Gasteiger partial charge in [0.05, 0.1) is 25.4 Å². The summed E-state index contributed by atoms with van der Waals surface area (Å²) in [6, 6.07) is 4.05. The predicted molar refractivity (Wildman–Crippen MR) is 135 cm³/mol. The van der Waals surface area contributed by atoms with Gasteiger partial charge in [-0.05, 0) is 63.6 Å². The lowest BCUT2D eigenvalue weighted by Gasteiger charge is -2.43. The molecule has 0 bridgehead atoms. The number of methoxy groups -OCH3 is 1. The fourth-order valence-electron chi connectivity index (χ4n) is 5.29. The highest BCUT2D eigenvalue weighted by Crippen LogP contribution is 2.48. The first-order valence-electron chi connectivity index (χ1n) is 12.7. The van der Waals surface area contributed by atoms with Crippen LogP contribution < -0.4 is 0 Å². The molecule has 1 spiro atoms. The summed E-state index contributed by atoms with van der Waals surface area (Å²) in [5.41, 5.74) is 3.05. The van der Waals surface area contributed by atoms with Crippen LogP contribution in [-0.4, -0.2) is 74.4 Å². The molecule has 1 saturated heterocycles. The highest BCUT2D eigenvalue weighted by atomic mass is 16.7. The molecule has 1 aromatic carbocycles. The van der Waals surface area contributed by atoms with Crippen molar-refractivity contribution in [2.75, 3.05) is 40.5 Å². The molecule has 2 aliphatic rings. The summed E-state index contributed by atoms with van der Waals surface area (Å²) in [5, 5.41) is 3.25. The molecule has 0 aliphatic carbocycles. The van der Waals surface area contributed by atoms with Crippen LogP contribution in [0.3, 0.4) is 0 Å². The van der Waals surface area contributed by atoms with Gasteiger partial charge in [0, 0.05) is 20.2 Å². The van der Waals surface area contributed by atoms with E-state index in [0.29, 0.717) is 31.5 Å². The number of rotatable bonds is 10. The third-order valence-electron chi connectivity index (χ3n) is 6.95. The third-order valence-corrected chi connectivity index (χ3v) is 6.95. The first-order valence-corrected chi connectivity index (χ1v) is 12.7. The van der Waals surface area contributed by atoms with Crippen molar-refractivity contribution in [2.24, 2.45) is 0 Å². The number of amides is 1. The van der Waals surface area contributed by atoms with Gasteiger partial charge in [0.1, 0.15) is 12.1 Å². The summed E-state index contributed by atoms with van der Waals surface area (Å²) in [4.78, 5) is 38.5. The van der Waals surface area contributed by atoms with E-state index >= 15 is 0 Å². The van der Waals surface area contributed by atoms with E-state index in [1.807, 2.05) is 38.0 Å². The molecule has 2 aliphatic heterocycles. The molecule has 9 nitrogen and oxygen atoms in total. The Kier molecular flexibility index (Phi) is 9.52. The van der Waals surface area contributed by atoms with Crippen molar-refractivity contribution in [1.29, 1.82) is 0 Å². The minimum Gasteiger partial charge on any atom is -0.434 e. The summed E-state index contributed by atoms with van der Waals surface area (Å²) >= 11 is 0. The van der Waals surface area contributed by atoms with Crippen LogP contribution in [0.5, 0.6) is 0 Å². The van der Waals surface area contributed by atoms with Crippen molar-refractivity contribution < 1.29 is 33.5 Å². The lowest BCUT2D eigenvalue weighted by atomic mass is 9.84. The Balaban J connectivity index is 2.15. The molecule has 0 N–H and O–H groups in total. The van der Waals surface area contributed by atoms with Gasteiger partial charge in [-0.3, -0.25) is 9.63 Å². The number of carbonyl (C=O) groups is 2. The summed E-state index contributed by atoms with van der Waals surface area (Å²) in [6.07, 6.45) is 1.63. The van der Waals surface area contributed by atoms with Crippen molar-refractivity contribution in [2.45, 2.75) is 71.9 Å². The van der Waals surface area contributed by atoms with Crippen LogP contribution in [0.1, 0.15) is 61.8 Å². The SMILES string of the molecule is CCCC(CON1C(=O)C(c2c(C)cc(C)cc2C)=C(OC(=O)OCC)C12CCN(OC)CC2)OC. The van der Waals surface area contributed by atoms with Gasteiger partial charge in [-0.2, -0.15) is 5.06 Å². The van der Waals surface area contributed by atoms with Crippen molar-refractivity contribution in [3.63, 3.8) is 0 Å². The van der Waals surface area contributed by atoms with Crippen LogP contribution in [0.2, 0.25) is 0 Å². The second-order valence-corrected chi connectivity index (χ2v) is 9.45. The molecule has 9 heteroatoms. The molecule has 1 unspecified atom stereocenters. The molecule has 3 rings (SSSR count).